The summed E-state index contributed by atoms with van der Waals surface area (Å²) in [4.78, 5) is 21.6. The maximum Gasteiger partial charge on any atom is 0.379 e. The van der Waals surface area contributed by atoms with Crippen molar-refractivity contribution in [2.75, 3.05) is 24.6 Å². The van der Waals surface area contributed by atoms with Gasteiger partial charge in [-0.3, -0.25) is 4.68 Å². The Morgan fingerprint density at radius 3 is 2.50 bits per heavy atom. The Hall–Kier alpha value is -3.08. The van der Waals surface area contributed by atoms with Crippen LogP contribution >= 0.6 is 0 Å². The SMILES string of the molecule is Cc1nc2nc(N3CCOC(c4cnn(C)c4)C3)nc(C3=CCCCC3)c2nc1C.FC(F)F. The smallest absolute Gasteiger partial charge is 0.370 e. The van der Waals surface area contributed by atoms with Gasteiger partial charge in [-0.1, -0.05) is 6.08 Å². The number of rotatable bonds is 3. The summed E-state index contributed by atoms with van der Waals surface area (Å²) in [5.41, 5.74) is 6.61. The number of hydrogen-bond donors (Lipinski definition) is 0. The molecule has 1 atom stereocenters. The minimum Gasteiger partial charge on any atom is -0.370 e. The molecule has 1 saturated heterocycles. The van der Waals surface area contributed by atoms with Crippen molar-refractivity contribution in [2.45, 2.75) is 52.3 Å². The molecule has 1 aliphatic heterocycles. The van der Waals surface area contributed by atoms with E-state index in [-0.39, 0.29) is 6.10 Å². The first-order valence-electron chi connectivity index (χ1n) is 11.3. The second kappa shape index (κ2) is 10.5. The summed E-state index contributed by atoms with van der Waals surface area (Å²) in [6.07, 6.45) is 10.7. The summed E-state index contributed by atoms with van der Waals surface area (Å²) >= 11 is 0. The molecule has 5 rings (SSSR count). The summed E-state index contributed by atoms with van der Waals surface area (Å²) < 4.78 is 36.8. The summed E-state index contributed by atoms with van der Waals surface area (Å²) in [5.74, 6) is 0.707. The number of hydrogen-bond acceptors (Lipinski definition) is 7. The van der Waals surface area contributed by atoms with Crippen LogP contribution < -0.4 is 4.90 Å². The molecular weight excluding hydrogens is 447 g/mol. The monoisotopic (exact) mass is 475 g/mol. The highest BCUT2D eigenvalue weighted by Gasteiger charge is 2.26. The van der Waals surface area contributed by atoms with Crippen LogP contribution in [0.2, 0.25) is 0 Å². The maximum absolute atomic E-state index is 9.67. The number of ether oxygens (including phenoxy) is 1. The van der Waals surface area contributed by atoms with E-state index in [1.54, 1.807) is 4.68 Å². The van der Waals surface area contributed by atoms with Crippen molar-refractivity contribution in [1.82, 2.24) is 29.7 Å². The van der Waals surface area contributed by atoms with Gasteiger partial charge < -0.3 is 9.64 Å². The van der Waals surface area contributed by atoms with Crippen molar-refractivity contribution in [3.63, 3.8) is 0 Å². The standard InChI is InChI=1S/C22H27N7O.CHF3/c1-14-15(2)25-21-20(24-14)19(16-7-5-4-6-8-16)26-22(27-21)29-9-10-30-18(13-29)17-11-23-28(3)12-17;2-1(3)4/h7,11-12,18H,4-6,8-10,13H2,1-3H3;1H. The van der Waals surface area contributed by atoms with Gasteiger partial charge >= 0.3 is 6.68 Å². The Morgan fingerprint density at radius 2 is 1.82 bits per heavy atom. The molecule has 0 aromatic carbocycles. The predicted octanol–water partition coefficient (Wildman–Crippen LogP) is 4.48. The van der Waals surface area contributed by atoms with Crippen LogP contribution in [-0.4, -0.2) is 56.1 Å². The quantitative estimate of drug-likeness (QED) is 0.552. The summed E-state index contributed by atoms with van der Waals surface area (Å²) in [7, 11) is 1.92. The van der Waals surface area contributed by atoms with E-state index in [1.165, 1.54) is 18.4 Å². The van der Waals surface area contributed by atoms with Crippen molar-refractivity contribution < 1.29 is 17.9 Å². The molecule has 2 aliphatic rings. The Kier molecular flexibility index (Phi) is 7.40. The van der Waals surface area contributed by atoms with Gasteiger partial charge in [-0.2, -0.15) is 23.3 Å². The molecule has 11 heteroatoms. The first kappa shape index (κ1) is 24.1. The topological polar surface area (TPSA) is 81.9 Å². The molecule has 8 nitrogen and oxygen atoms in total. The molecule has 3 aromatic heterocycles. The van der Waals surface area contributed by atoms with Gasteiger partial charge in [0.25, 0.3) is 0 Å². The highest BCUT2D eigenvalue weighted by Crippen LogP contribution is 2.32. The van der Waals surface area contributed by atoms with E-state index in [4.69, 9.17) is 24.7 Å². The average Bonchev–Trinajstić information content (AvgIpc) is 3.26. The second-order valence-corrected chi connectivity index (χ2v) is 8.41. The number of fused-ring (bicyclic) bond motifs is 1. The highest BCUT2D eigenvalue weighted by molar-refractivity contribution is 5.86. The van der Waals surface area contributed by atoms with Crippen LogP contribution in [0.5, 0.6) is 0 Å². The van der Waals surface area contributed by atoms with E-state index in [9.17, 15) is 13.2 Å². The zero-order chi connectivity index (χ0) is 24.2. The second-order valence-electron chi connectivity index (χ2n) is 8.41. The van der Waals surface area contributed by atoms with Crippen molar-refractivity contribution in [1.29, 1.82) is 0 Å². The van der Waals surface area contributed by atoms with Crippen molar-refractivity contribution in [3.8, 4) is 0 Å². The normalized spacial score (nSPS) is 18.6. The molecule has 1 fully saturated rings. The fraction of sp³-hybridized carbons (Fsp3) is 0.522. The molecule has 0 amide bonds. The van der Waals surface area contributed by atoms with E-state index in [1.807, 2.05) is 33.3 Å². The van der Waals surface area contributed by atoms with Crippen LogP contribution in [0.15, 0.2) is 18.5 Å². The first-order chi connectivity index (χ1) is 16.3. The number of morpholine rings is 1. The molecule has 4 heterocycles. The Morgan fingerprint density at radius 1 is 1.06 bits per heavy atom. The van der Waals surface area contributed by atoms with Crippen molar-refractivity contribution in [2.24, 2.45) is 7.05 Å². The van der Waals surface area contributed by atoms with Gasteiger partial charge in [-0.25, -0.2) is 15.0 Å². The predicted molar refractivity (Wildman–Crippen MR) is 122 cm³/mol. The molecule has 1 aliphatic carbocycles. The molecule has 1 unspecified atom stereocenters. The number of nitrogens with zero attached hydrogens (tertiary/aromatic N) is 7. The average molecular weight is 476 g/mol. The molecule has 0 saturated carbocycles. The molecule has 0 N–H and O–H groups in total. The third kappa shape index (κ3) is 5.52. The molecule has 0 bridgehead atoms. The van der Waals surface area contributed by atoms with Crippen LogP contribution in [0, 0.1) is 13.8 Å². The molecule has 182 valence electrons. The number of aryl methyl sites for hydroxylation is 3. The fourth-order valence-corrected chi connectivity index (χ4v) is 4.16. The van der Waals surface area contributed by atoms with Crippen molar-refractivity contribution in [3.05, 3.63) is 41.1 Å². The van der Waals surface area contributed by atoms with E-state index >= 15 is 0 Å². The minimum absolute atomic E-state index is 0.0464. The van der Waals surface area contributed by atoms with Gasteiger partial charge in [0.2, 0.25) is 5.95 Å². The molecule has 34 heavy (non-hydrogen) atoms. The lowest BCUT2D eigenvalue weighted by Crippen LogP contribution is -2.39. The maximum atomic E-state index is 9.67. The largest absolute Gasteiger partial charge is 0.379 e. The van der Waals surface area contributed by atoms with Gasteiger partial charge in [0.1, 0.15) is 11.6 Å². The Labute approximate surface area is 195 Å². The van der Waals surface area contributed by atoms with Gasteiger partial charge in [0.15, 0.2) is 5.65 Å². The van der Waals surface area contributed by atoms with Crippen LogP contribution in [0.25, 0.3) is 16.7 Å². The van der Waals surface area contributed by atoms with Crippen LogP contribution in [0.4, 0.5) is 19.1 Å². The third-order valence-electron chi connectivity index (χ3n) is 5.97. The number of aromatic nitrogens is 6. The van der Waals surface area contributed by atoms with E-state index in [0.29, 0.717) is 24.7 Å². The zero-order valence-corrected chi connectivity index (χ0v) is 19.5. The van der Waals surface area contributed by atoms with Crippen LogP contribution in [0.3, 0.4) is 0 Å². The van der Waals surface area contributed by atoms with E-state index in [0.717, 1.165) is 47.5 Å². The minimum atomic E-state index is -3.67. The Bertz CT molecular complexity index is 1180. The van der Waals surface area contributed by atoms with Crippen LogP contribution in [0.1, 0.15) is 54.4 Å². The fourth-order valence-electron chi connectivity index (χ4n) is 4.16. The third-order valence-corrected chi connectivity index (χ3v) is 5.97. The summed E-state index contributed by atoms with van der Waals surface area (Å²) in [6, 6.07) is 0. The molecular formula is C23H28F3N7O. The van der Waals surface area contributed by atoms with E-state index < -0.39 is 6.68 Å². The lowest BCUT2D eigenvalue weighted by molar-refractivity contribution is 0.00819. The first-order valence-corrected chi connectivity index (χ1v) is 11.3. The molecule has 0 radical (unpaired) electrons. The van der Waals surface area contributed by atoms with Gasteiger partial charge in [-0.15, -0.1) is 0 Å². The lowest BCUT2D eigenvalue weighted by atomic mass is 9.96. The molecule has 0 spiro atoms. The van der Waals surface area contributed by atoms with E-state index in [2.05, 4.69) is 16.1 Å². The highest BCUT2D eigenvalue weighted by atomic mass is 19.4. The summed E-state index contributed by atoms with van der Waals surface area (Å²) in [5, 5.41) is 4.28. The van der Waals surface area contributed by atoms with Gasteiger partial charge in [0.05, 0.1) is 36.4 Å². The number of anilines is 1. The van der Waals surface area contributed by atoms with Gasteiger partial charge in [0, 0.05) is 25.4 Å². The zero-order valence-electron chi connectivity index (χ0n) is 19.5. The summed E-state index contributed by atoms with van der Waals surface area (Å²) in [6.45, 7) is 2.37. The lowest BCUT2D eigenvalue weighted by Gasteiger charge is -2.32. The van der Waals surface area contributed by atoms with Crippen molar-refractivity contribution >= 4 is 22.7 Å². The Balaban J connectivity index is 0.000000636. The number of alkyl halides is 3. The number of halogens is 3. The van der Waals surface area contributed by atoms with Gasteiger partial charge in [-0.05, 0) is 45.1 Å². The number of allylic oxidation sites excluding steroid dienone is 2. The van der Waals surface area contributed by atoms with Crippen LogP contribution in [-0.2, 0) is 11.8 Å². The molecule has 3 aromatic rings.